The fourth-order valence-corrected chi connectivity index (χ4v) is 5.12. The summed E-state index contributed by atoms with van der Waals surface area (Å²) in [6, 6.07) is 16.8. The molecule has 0 spiro atoms. The van der Waals surface area contributed by atoms with Crippen LogP contribution in [-0.4, -0.2) is 78.5 Å². The third kappa shape index (κ3) is 6.37. The van der Waals surface area contributed by atoms with Gasteiger partial charge in [-0.1, -0.05) is 42.1 Å². The van der Waals surface area contributed by atoms with E-state index in [2.05, 4.69) is 10.2 Å². The Morgan fingerprint density at radius 2 is 1.85 bits per heavy atom. The highest BCUT2D eigenvalue weighted by molar-refractivity contribution is 8.15. The molecule has 1 N–H and O–H groups in total. The number of amidine groups is 1. The molecule has 1 unspecified atom stereocenters. The van der Waals surface area contributed by atoms with Crippen LogP contribution in [0.2, 0.25) is 0 Å². The van der Waals surface area contributed by atoms with E-state index in [4.69, 9.17) is 14.5 Å². The zero-order chi connectivity index (χ0) is 23.8. The Morgan fingerprint density at radius 1 is 1.12 bits per heavy atom. The number of ether oxygens (including phenoxy) is 2. The van der Waals surface area contributed by atoms with Gasteiger partial charge in [-0.05, 0) is 30.7 Å². The summed E-state index contributed by atoms with van der Waals surface area (Å²) in [5, 5.41) is 3.00. The minimum absolute atomic E-state index is 0.0648. The number of carbonyl (C=O) groups excluding carboxylic acids is 2. The molecule has 2 saturated heterocycles. The number of methoxy groups -OCH3 is 1. The van der Waals surface area contributed by atoms with Crippen LogP contribution in [0.1, 0.15) is 12.8 Å². The molecule has 0 aromatic heterocycles. The van der Waals surface area contributed by atoms with E-state index in [0.717, 1.165) is 45.0 Å². The van der Waals surface area contributed by atoms with Crippen LogP contribution >= 0.6 is 11.8 Å². The third-order valence-corrected chi connectivity index (χ3v) is 6.89. The van der Waals surface area contributed by atoms with Crippen molar-refractivity contribution < 1.29 is 19.1 Å². The van der Waals surface area contributed by atoms with Crippen molar-refractivity contribution in [1.82, 2.24) is 9.80 Å². The molecule has 0 saturated carbocycles. The van der Waals surface area contributed by atoms with Crippen molar-refractivity contribution in [3.8, 4) is 5.75 Å². The van der Waals surface area contributed by atoms with Gasteiger partial charge in [-0.25, -0.2) is 4.99 Å². The van der Waals surface area contributed by atoms with Crippen molar-refractivity contribution in [1.29, 1.82) is 0 Å². The van der Waals surface area contributed by atoms with Crippen LogP contribution in [0.15, 0.2) is 59.6 Å². The summed E-state index contributed by atoms with van der Waals surface area (Å²) in [6.45, 7) is 4.80. The standard InChI is InChI=1S/C25H30N4O4S/c1-32-21-11-6-5-10-20(21)27-23(30)18-22-24(31)29(13-7-12-28-14-16-33-17-15-28)25(34-22)26-19-8-3-2-4-9-19/h2-6,8-11,22H,7,12-18H2,1H3,(H,27,30). The first-order chi connectivity index (χ1) is 16.6. The molecule has 0 bridgehead atoms. The van der Waals surface area contributed by atoms with Gasteiger partial charge >= 0.3 is 0 Å². The molecule has 2 fully saturated rings. The highest BCUT2D eigenvalue weighted by Crippen LogP contribution is 2.32. The summed E-state index contributed by atoms with van der Waals surface area (Å²) in [5.74, 6) is 0.277. The molecular weight excluding hydrogens is 452 g/mol. The van der Waals surface area contributed by atoms with Crippen molar-refractivity contribution in [3.05, 3.63) is 54.6 Å². The third-order valence-electron chi connectivity index (χ3n) is 5.71. The van der Waals surface area contributed by atoms with E-state index < -0.39 is 5.25 Å². The fraction of sp³-hybridized carbons (Fsp3) is 0.400. The van der Waals surface area contributed by atoms with Crippen molar-refractivity contribution in [3.63, 3.8) is 0 Å². The maximum atomic E-state index is 13.3. The Kier molecular flexibility index (Phi) is 8.56. The molecule has 1 atom stereocenters. The number of morpholine rings is 1. The zero-order valence-electron chi connectivity index (χ0n) is 19.3. The van der Waals surface area contributed by atoms with Gasteiger partial charge in [-0.15, -0.1) is 0 Å². The Hall–Kier alpha value is -2.88. The molecule has 4 rings (SSSR count). The number of nitrogens with zero attached hydrogens (tertiary/aromatic N) is 3. The molecule has 2 heterocycles. The van der Waals surface area contributed by atoms with Crippen LogP contribution in [0.5, 0.6) is 5.75 Å². The first kappa shape index (κ1) is 24.3. The topological polar surface area (TPSA) is 83.5 Å². The van der Waals surface area contributed by atoms with Crippen molar-refractivity contribution in [2.75, 3.05) is 51.8 Å². The number of carbonyl (C=O) groups is 2. The minimum atomic E-state index is -0.513. The van der Waals surface area contributed by atoms with E-state index >= 15 is 0 Å². The second-order valence-electron chi connectivity index (χ2n) is 8.09. The number of rotatable bonds is 9. The SMILES string of the molecule is COc1ccccc1NC(=O)CC1SC(=Nc2ccccc2)N(CCCN2CCOCC2)C1=O. The van der Waals surface area contributed by atoms with Crippen LogP contribution in [0, 0.1) is 0 Å². The predicted octanol–water partition coefficient (Wildman–Crippen LogP) is 3.38. The van der Waals surface area contributed by atoms with Gasteiger partial charge < -0.3 is 14.8 Å². The highest BCUT2D eigenvalue weighted by Gasteiger charge is 2.39. The van der Waals surface area contributed by atoms with Crippen LogP contribution in [0.25, 0.3) is 0 Å². The number of nitrogens with one attached hydrogen (secondary N) is 1. The molecule has 0 aliphatic carbocycles. The fourth-order valence-electron chi connectivity index (χ4n) is 3.94. The first-order valence-corrected chi connectivity index (χ1v) is 12.4. The van der Waals surface area contributed by atoms with E-state index in [1.54, 1.807) is 24.1 Å². The van der Waals surface area contributed by atoms with Gasteiger partial charge in [-0.3, -0.25) is 19.4 Å². The van der Waals surface area contributed by atoms with Gasteiger partial charge in [0.15, 0.2) is 5.17 Å². The van der Waals surface area contributed by atoms with Crippen molar-refractivity contribution in [2.45, 2.75) is 18.1 Å². The number of anilines is 1. The largest absolute Gasteiger partial charge is 0.495 e. The number of thioether (sulfide) groups is 1. The van der Waals surface area contributed by atoms with Gasteiger partial charge in [-0.2, -0.15) is 0 Å². The molecule has 2 aromatic rings. The molecule has 2 aromatic carbocycles. The second-order valence-corrected chi connectivity index (χ2v) is 9.26. The number of hydrogen-bond donors (Lipinski definition) is 1. The maximum absolute atomic E-state index is 13.3. The predicted molar refractivity (Wildman–Crippen MR) is 135 cm³/mol. The Morgan fingerprint density at radius 3 is 2.62 bits per heavy atom. The summed E-state index contributed by atoms with van der Waals surface area (Å²) in [5.41, 5.74) is 1.38. The lowest BCUT2D eigenvalue weighted by molar-refractivity contribution is -0.128. The van der Waals surface area contributed by atoms with Gasteiger partial charge in [0.2, 0.25) is 11.8 Å². The molecule has 180 valence electrons. The maximum Gasteiger partial charge on any atom is 0.242 e. The van der Waals surface area contributed by atoms with Crippen molar-refractivity contribution in [2.24, 2.45) is 4.99 Å². The molecule has 2 amide bonds. The lowest BCUT2D eigenvalue weighted by Crippen LogP contribution is -2.39. The Labute approximate surface area is 204 Å². The van der Waals surface area contributed by atoms with Crippen LogP contribution in [0.3, 0.4) is 0 Å². The van der Waals surface area contributed by atoms with E-state index in [1.807, 2.05) is 42.5 Å². The lowest BCUT2D eigenvalue weighted by atomic mass is 10.2. The molecule has 2 aliphatic rings. The van der Waals surface area contributed by atoms with Crippen LogP contribution in [-0.2, 0) is 14.3 Å². The van der Waals surface area contributed by atoms with E-state index in [0.29, 0.717) is 23.1 Å². The molecule has 9 heteroatoms. The first-order valence-electron chi connectivity index (χ1n) is 11.5. The molecular formula is C25H30N4O4S. The van der Waals surface area contributed by atoms with Gasteiger partial charge in [0.1, 0.15) is 11.0 Å². The van der Waals surface area contributed by atoms with Gasteiger partial charge in [0.25, 0.3) is 0 Å². The Balaban J connectivity index is 1.42. The second kappa shape index (κ2) is 12.0. The van der Waals surface area contributed by atoms with Gasteiger partial charge in [0.05, 0.1) is 31.7 Å². The normalized spacial score (nSPS) is 20.0. The van der Waals surface area contributed by atoms with E-state index in [1.165, 1.54) is 11.8 Å². The van der Waals surface area contributed by atoms with Gasteiger partial charge in [0, 0.05) is 32.6 Å². The Bertz CT molecular complexity index is 1010. The molecule has 2 aliphatic heterocycles. The number of benzene rings is 2. The minimum Gasteiger partial charge on any atom is -0.495 e. The lowest BCUT2D eigenvalue weighted by Gasteiger charge is -2.27. The molecule has 0 radical (unpaired) electrons. The number of para-hydroxylation sites is 3. The monoisotopic (exact) mass is 482 g/mol. The van der Waals surface area contributed by atoms with Crippen LogP contribution in [0.4, 0.5) is 11.4 Å². The zero-order valence-corrected chi connectivity index (χ0v) is 20.1. The summed E-state index contributed by atoms with van der Waals surface area (Å²) >= 11 is 1.36. The summed E-state index contributed by atoms with van der Waals surface area (Å²) < 4.78 is 10.7. The highest BCUT2D eigenvalue weighted by atomic mass is 32.2. The summed E-state index contributed by atoms with van der Waals surface area (Å²) in [4.78, 5) is 34.9. The molecule has 34 heavy (non-hydrogen) atoms. The summed E-state index contributed by atoms with van der Waals surface area (Å²) in [7, 11) is 1.56. The van der Waals surface area contributed by atoms with E-state index in [9.17, 15) is 9.59 Å². The quantitative estimate of drug-likeness (QED) is 0.590. The average molecular weight is 483 g/mol. The number of hydrogen-bond acceptors (Lipinski definition) is 7. The molecule has 8 nitrogen and oxygen atoms in total. The number of amides is 2. The smallest absolute Gasteiger partial charge is 0.242 e. The number of aliphatic imine (C=N–C) groups is 1. The van der Waals surface area contributed by atoms with Crippen LogP contribution < -0.4 is 10.1 Å². The average Bonchev–Trinajstić information content (AvgIpc) is 3.14. The summed E-state index contributed by atoms with van der Waals surface area (Å²) in [6.07, 6.45) is 0.898. The van der Waals surface area contributed by atoms with E-state index in [-0.39, 0.29) is 18.2 Å². The van der Waals surface area contributed by atoms with Crippen molar-refractivity contribution >= 4 is 40.1 Å².